The lowest BCUT2D eigenvalue weighted by Crippen LogP contribution is -2.28. The first kappa shape index (κ1) is 12.4. The van der Waals surface area contributed by atoms with Gasteiger partial charge in [-0.1, -0.05) is 0 Å². The van der Waals surface area contributed by atoms with Crippen LogP contribution >= 0.6 is 0 Å². The third-order valence-electron chi connectivity index (χ3n) is 2.71. The summed E-state index contributed by atoms with van der Waals surface area (Å²) in [6, 6.07) is 5.76. The molecule has 0 fully saturated rings. The number of benzene rings is 1. The molecule has 0 bridgehead atoms. The lowest BCUT2D eigenvalue weighted by atomic mass is 10.1. The van der Waals surface area contributed by atoms with Gasteiger partial charge in [0.25, 0.3) is 0 Å². The number of methoxy groups -OCH3 is 1. The van der Waals surface area contributed by atoms with Crippen LogP contribution in [-0.4, -0.2) is 24.3 Å². The molecule has 0 saturated carbocycles. The molecule has 18 heavy (non-hydrogen) atoms. The van der Waals surface area contributed by atoms with Crippen LogP contribution in [0.3, 0.4) is 0 Å². The Hall–Kier alpha value is -2.01. The highest BCUT2D eigenvalue weighted by Gasteiger charge is 2.11. The van der Waals surface area contributed by atoms with Gasteiger partial charge in [-0.05, 0) is 23.8 Å². The summed E-state index contributed by atoms with van der Waals surface area (Å²) in [7, 11) is 1.62. The van der Waals surface area contributed by atoms with Crippen LogP contribution < -0.4 is 10.5 Å². The van der Waals surface area contributed by atoms with Crippen molar-refractivity contribution in [3.05, 3.63) is 30.0 Å². The molecule has 96 valence electrons. The number of ether oxygens (including phenoxy) is 2. The molecular weight excluding hydrogens is 232 g/mol. The lowest BCUT2D eigenvalue weighted by Gasteiger charge is -2.10. The number of aromatic amines is 1. The van der Waals surface area contributed by atoms with Crippen LogP contribution in [0.5, 0.6) is 5.75 Å². The average molecular weight is 248 g/mol. The van der Waals surface area contributed by atoms with Gasteiger partial charge in [0.1, 0.15) is 5.75 Å². The van der Waals surface area contributed by atoms with Gasteiger partial charge >= 0.3 is 5.97 Å². The molecule has 0 aliphatic rings. The third-order valence-corrected chi connectivity index (χ3v) is 2.71. The maximum atomic E-state index is 10.8. The van der Waals surface area contributed by atoms with Gasteiger partial charge in [-0.3, -0.25) is 10.5 Å². The second kappa shape index (κ2) is 5.10. The molecule has 1 aromatic heterocycles. The summed E-state index contributed by atoms with van der Waals surface area (Å²) >= 11 is 0. The Morgan fingerprint density at radius 2 is 2.28 bits per heavy atom. The number of rotatable bonds is 4. The predicted molar refractivity (Wildman–Crippen MR) is 68.3 cm³/mol. The Bertz CT molecular complexity index is 562. The topological polar surface area (TPSA) is 77.3 Å². The van der Waals surface area contributed by atoms with E-state index < -0.39 is 6.23 Å². The van der Waals surface area contributed by atoms with Crippen LogP contribution in [0.1, 0.15) is 12.5 Å². The Balaban J connectivity index is 2.25. The molecule has 5 heteroatoms. The van der Waals surface area contributed by atoms with Gasteiger partial charge < -0.3 is 14.5 Å². The number of aromatic nitrogens is 1. The van der Waals surface area contributed by atoms with Crippen LogP contribution in [0.25, 0.3) is 10.9 Å². The van der Waals surface area contributed by atoms with Crippen LogP contribution in [0, 0.1) is 0 Å². The average Bonchev–Trinajstić information content (AvgIpc) is 2.70. The second-order valence-corrected chi connectivity index (χ2v) is 4.08. The lowest BCUT2D eigenvalue weighted by molar-refractivity contribution is -0.145. The Labute approximate surface area is 105 Å². The molecule has 1 unspecified atom stereocenters. The standard InChI is InChI=1S/C13H16N2O3/c1-8(16)18-13(14)5-9-7-15-12-4-3-10(17-2)6-11(9)12/h3-4,6-7,13,15H,5,14H2,1-2H3. The summed E-state index contributed by atoms with van der Waals surface area (Å²) in [5.74, 6) is 0.407. The number of hydrogen-bond donors (Lipinski definition) is 2. The van der Waals surface area contributed by atoms with Gasteiger partial charge in [0.15, 0.2) is 6.23 Å². The number of nitrogens with two attached hydrogens (primary N) is 1. The van der Waals surface area contributed by atoms with Crippen molar-refractivity contribution in [1.82, 2.24) is 4.98 Å². The summed E-state index contributed by atoms with van der Waals surface area (Å²) < 4.78 is 10.1. The molecule has 2 aromatic rings. The van der Waals surface area contributed by atoms with E-state index in [1.54, 1.807) is 7.11 Å². The Morgan fingerprint density at radius 3 is 2.94 bits per heavy atom. The minimum Gasteiger partial charge on any atom is -0.497 e. The first-order valence-corrected chi connectivity index (χ1v) is 5.67. The fraction of sp³-hybridized carbons (Fsp3) is 0.308. The molecular formula is C13H16N2O3. The monoisotopic (exact) mass is 248 g/mol. The Kier molecular flexibility index (Phi) is 3.53. The van der Waals surface area contributed by atoms with E-state index in [0.29, 0.717) is 6.42 Å². The summed E-state index contributed by atoms with van der Waals surface area (Å²) in [5.41, 5.74) is 7.74. The summed E-state index contributed by atoms with van der Waals surface area (Å²) in [6.45, 7) is 1.35. The number of carbonyl (C=O) groups is 1. The molecule has 0 aliphatic carbocycles. The van der Waals surface area contributed by atoms with Gasteiger partial charge in [-0.15, -0.1) is 0 Å². The first-order chi connectivity index (χ1) is 8.60. The fourth-order valence-electron chi connectivity index (χ4n) is 1.92. The van der Waals surface area contributed by atoms with E-state index in [1.807, 2.05) is 24.4 Å². The van der Waals surface area contributed by atoms with Crippen molar-refractivity contribution in [2.75, 3.05) is 7.11 Å². The summed E-state index contributed by atoms with van der Waals surface area (Å²) in [4.78, 5) is 14.0. The minimum absolute atomic E-state index is 0.375. The Morgan fingerprint density at radius 1 is 1.50 bits per heavy atom. The van der Waals surface area contributed by atoms with Crippen molar-refractivity contribution in [2.45, 2.75) is 19.6 Å². The minimum atomic E-state index is -0.632. The molecule has 0 spiro atoms. The summed E-state index contributed by atoms with van der Waals surface area (Å²) in [5, 5.41) is 1.02. The van der Waals surface area contributed by atoms with E-state index in [2.05, 4.69) is 4.98 Å². The van der Waals surface area contributed by atoms with Crippen LogP contribution in [-0.2, 0) is 16.0 Å². The van der Waals surface area contributed by atoms with Gasteiger partial charge in [0.05, 0.1) is 7.11 Å². The van der Waals surface area contributed by atoms with Crippen LogP contribution in [0.15, 0.2) is 24.4 Å². The zero-order valence-corrected chi connectivity index (χ0v) is 10.4. The van der Waals surface area contributed by atoms with Gasteiger partial charge in [-0.2, -0.15) is 0 Å². The van der Waals surface area contributed by atoms with E-state index >= 15 is 0 Å². The van der Waals surface area contributed by atoms with Crippen LogP contribution in [0.2, 0.25) is 0 Å². The van der Waals surface area contributed by atoms with Gasteiger partial charge in [0, 0.05) is 30.4 Å². The molecule has 1 heterocycles. The highest BCUT2D eigenvalue weighted by atomic mass is 16.5. The van der Waals surface area contributed by atoms with Gasteiger partial charge in [-0.25, -0.2) is 0 Å². The number of carbonyl (C=O) groups excluding carboxylic acids is 1. The first-order valence-electron chi connectivity index (χ1n) is 5.67. The normalized spacial score (nSPS) is 12.4. The van der Waals surface area contributed by atoms with Crippen molar-refractivity contribution < 1.29 is 14.3 Å². The number of nitrogens with one attached hydrogen (secondary N) is 1. The number of esters is 1. The molecule has 2 rings (SSSR count). The second-order valence-electron chi connectivity index (χ2n) is 4.08. The van der Waals surface area contributed by atoms with Gasteiger partial charge in [0.2, 0.25) is 0 Å². The predicted octanol–water partition coefficient (Wildman–Crippen LogP) is 1.57. The zero-order chi connectivity index (χ0) is 13.1. The molecule has 5 nitrogen and oxygen atoms in total. The summed E-state index contributed by atoms with van der Waals surface area (Å²) in [6.07, 6.45) is 1.70. The largest absolute Gasteiger partial charge is 0.497 e. The van der Waals surface area contributed by atoms with Crippen molar-refractivity contribution in [2.24, 2.45) is 5.73 Å². The molecule has 0 saturated heterocycles. The maximum Gasteiger partial charge on any atom is 0.304 e. The highest BCUT2D eigenvalue weighted by Crippen LogP contribution is 2.24. The van der Waals surface area contributed by atoms with E-state index in [1.165, 1.54) is 6.92 Å². The highest BCUT2D eigenvalue weighted by molar-refractivity contribution is 5.84. The maximum absolute atomic E-state index is 10.8. The number of H-pyrrole nitrogens is 1. The van der Waals surface area contributed by atoms with Crippen molar-refractivity contribution in [3.8, 4) is 5.75 Å². The van der Waals surface area contributed by atoms with E-state index in [9.17, 15) is 4.79 Å². The number of hydrogen-bond acceptors (Lipinski definition) is 4. The van der Waals surface area contributed by atoms with Crippen LogP contribution in [0.4, 0.5) is 0 Å². The number of fused-ring (bicyclic) bond motifs is 1. The molecule has 0 radical (unpaired) electrons. The fourth-order valence-corrected chi connectivity index (χ4v) is 1.92. The molecule has 1 atom stereocenters. The van der Waals surface area contributed by atoms with E-state index in [4.69, 9.17) is 15.2 Å². The van der Waals surface area contributed by atoms with Crippen molar-refractivity contribution in [3.63, 3.8) is 0 Å². The van der Waals surface area contributed by atoms with E-state index in [-0.39, 0.29) is 5.97 Å². The zero-order valence-electron chi connectivity index (χ0n) is 10.4. The van der Waals surface area contributed by atoms with Crippen molar-refractivity contribution >= 4 is 16.9 Å². The quantitative estimate of drug-likeness (QED) is 0.636. The SMILES string of the molecule is COc1ccc2[nH]cc(CC(N)OC(C)=O)c2c1. The third kappa shape index (κ3) is 2.62. The molecule has 3 N–H and O–H groups in total. The molecule has 0 amide bonds. The smallest absolute Gasteiger partial charge is 0.304 e. The van der Waals surface area contributed by atoms with Crippen molar-refractivity contribution in [1.29, 1.82) is 0 Å². The van der Waals surface area contributed by atoms with E-state index in [0.717, 1.165) is 22.2 Å². The molecule has 0 aliphatic heterocycles. The molecule has 1 aromatic carbocycles.